The van der Waals surface area contributed by atoms with Crippen LogP contribution in [0.15, 0.2) is 30.5 Å². The Bertz CT molecular complexity index is 552. The Morgan fingerprint density at radius 1 is 1.33 bits per heavy atom. The number of pyridine rings is 1. The summed E-state index contributed by atoms with van der Waals surface area (Å²) in [6.45, 7) is 4.80. The van der Waals surface area contributed by atoms with Crippen LogP contribution in [0.4, 0.5) is 11.4 Å². The van der Waals surface area contributed by atoms with Gasteiger partial charge in [0.25, 0.3) is 0 Å². The Hall–Kier alpha value is -1.81. The largest absolute Gasteiger partial charge is 0.397 e. The van der Waals surface area contributed by atoms with Crippen molar-refractivity contribution in [3.05, 3.63) is 30.5 Å². The molecule has 4 heteroatoms. The van der Waals surface area contributed by atoms with Crippen LogP contribution >= 0.6 is 0 Å². The summed E-state index contributed by atoms with van der Waals surface area (Å²) in [6.07, 6.45) is 1.75. The van der Waals surface area contributed by atoms with Crippen LogP contribution in [-0.2, 0) is 0 Å². The van der Waals surface area contributed by atoms with E-state index >= 15 is 0 Å². The lowest BCUT2D eigenvalue weighted by Crippen LogP contribution is -2.27. The minimum atomic E-state index is -0.170. The number of aromatic nitrogens is 1. The van der Waals surface area contributed by atoms with Crippen molar-refractivity contribution in [2.45, 2.75) is 13.8 Å². The third-order valence-corrected chi connectivity index (χ3v) is 3.01. The van der Waals surface area contributed by atoms with E-state index in [9.17, 15) is 5.11 Å². The minimum absolute atomic E-state index is 0.134. The van der Waals surface area contributed by atoms with E-state index < -0.39 is 0 Å². The summed E-state index contributed by atoms with van der Waals surface area (Å²) < 4.78 is 0. The van der Waals surface area contributed by atoms with Gasteiger partial charge in [-0.1, -0.05) is 13.8 Å². The molecule has 0 fully saturated rings. The first-order chi connectivity index (χ1) is 8.53. The van der Waals surface area contributed by atoms with Gasteiger partial charge in [0.05, 0.1) is 16.9 Å². The summed E-state index contributed by atoms with van der Waals surface area (Å²) in [5.41, 5.74) is 8.43. The highest BCUT2D eigenvalue weighted by atomic mass is 16.3. The zero-order chi connectivity index (χ0) is 13.2. The fourth-order valence-electron chi connectivity index (χ4n) is 1.72. The van der Waals surface area contributed by atoms with Crippen molar-refractivity contribution < 1.29 is 5.11 Å². The molecular formula is C14H19N3O. The van der Waals surface area contributed by atoms with Gasteiger partial charge in [0, 0.05) is 30.1 Å². The molecule has 4 nitrogen and oxygen atoms in total. The molecular weight excluding hydrogens is 226 g/mol. The van der Waals surface area contributed by atoms with Crippen LogP contribution in [0, 0.1) is 5.41 Å². The summed E-state index contributed by atoms with van der Waals surface area (Å²) in [5.74, 6) is 0. The first kappa shape index (κ1) is 12.6. The molecule has 0 saturated heterocycles. The van der Waals surface area contributed by atoms with E-state index in [1.54, 1.807) is 6.20 Å². The molecule has 0 radical (unpaired) electrons. The van der Waals surface area contributed by atoms with Crippen LogP contribution in [0.1, 0.15) is 13.8 Å². The van der Waals surface area contributed by atoms with Crippen molar-refractivity contribution in [3.63, 3.8) is 0 Å². The van der Waals surface area contributed by atoms with E-state index in [-0.39, 0.29) is 12.0 Å². The SMILES string of the molecule is CC(C)(CO)CNc1ccc2ncccc2c1N. The molecule has 0 aliphatic rings. The van der Waals surface area contributed by atoms with Crippen molar-refractivity contribution in [2.75, 3.05) is 24.2 Å². The van der Waals surface area contributed by atoms with Crippen LogP contribution in [0.3, 0.4) is 0 Å². The Morgan fingerprint density at radius 2 is 2.11 bits per heavy atom. The van der Waals surface area contributed by atoms with Crippen LogP contribution in [0.25, 0.3) is 10.9 Å². The second kappa shape index (κ2) is 4.82. The van der Waals surface area contributed by atoms with Gasteiger partial charge in [-0.3, -0.25) is 4.98 Å². The highest BCUT2D eigenvalue weighted by molar-refractivity contribution is 5.96. The van der Waals surface area contributed by atoms with Crippen LogP contribution in [0.5, 0.6) is 0 Å². The number of aliphatic hydroxyl groups excluding tert-OH is 1. The van der Waals surface area contributed by atoms with Gasteiger partial charge in [0.15, 0.2) is 0 Å². The molecule has 96 valence electrons. The molecule has 4 N–H and O–H groups in total. The molecule has 1 aromatic heterocycles. The number of nitrogens with one attached hydrogen (secondary N) is 1. The first-order valence-electron chi connectivity index (χ1n) is 6.01. The summed E-state index contributed by atoms with van der Waals surface area (Å²) >= 11 is 0. The van der Waals surface area contributed by atoms with E-state index in [4.69, 9.17) is 5.73 Å². The Kier molecular flexibility index (Phi) is 3.39. The van der Waals surface area contributed by atoms with Gasteiger partial charge in [-0.2, -0.15) is 0 Å². The first-order valence-corrected chi connectivity index (χ1v) is 6.01. The standard InChI is InChI=1S/C14H19N3O/c1-14(2,9-18)8-17-12-6-5-11-10(13(12)15)4-3-7-16-11/h3-7,17-18H,8-9,15H2,1-2H3. The quantitative estimate of drug-likeness (QED) is 0.722. The molecule has 0 atom stereocenters. The molecule has 2 rings (SSSR count). The number of rotatable bonds is 4. The Morgan fingerprint density at radius 3 is 2.83 bits per heavy atom. The number of nitrogen functional groups attached to an aromatic ring is 1. The second-order valence-corrected chi connectivity index (χ2v) is 5.27. The maximum atomic E-state index is 9.23. The van der Waals surface area contributed by atoms with Gasteiger partial charge in [-0.05, 0) is 24.3 Å². The summed E-state index contributed by atoms with van der Waals surface area (Å²) in [7, 11) is 0. The van der Waals surface area contributed by atoms with Gasteiger partial charge in [-0.25, -0.2) is 0 Å². The number of hydrogen-bond donors (Lipinski definition) is 3. The predicted molar refractivity (Wildman–Crippen MR) is 75.5 cm³/mol. The number of benzene rings is 1. The van der Waals surface area contributed by atoms with Crippen LogP contribution in [-0.4, -0.2) is 23.2 Å². The Balaban J connectivity index is 2.27. The second-order valence-electron chi connectivity index (χ2n) is 5.27. The molecule has 18 heavy (non-hydrogen) atoms. The number of fused-ring (bicyclic) bond motifs is 1. The minimum Gasteiger partial charge on any atom is -0.397 e. The maximum absolute atomic E-state index is 9.23. The van der Waals surface area contributed by atoms with Gasteiger partial charge in [-0.15, -0.1) is 0 Å². The summed E-state index contributed by atoms with van der Waals surface area (Å²) in [6, 6.07) is 7.71. The molecule has 1 aromatic carbocycles. The lowest BCUT2D eigenvalue weighted by molar-refractivity contribution is 0.171. The highest BCUT2D eigenvalue weighted by Gasteiger charge is 2.16. The molecule has 2 aromatic rings. The molecule has 0 aliphatic heterocycles. The molecule has 0 unspecified atom stereocenters. The van der Waals surface area contributed by atoms with Gasteiger partial charge < -0.3 is 16.2 Å². The van der Waals surface area contributed by atoms with E-state index in [1.165, 1.54) is 0 Å². The normalized spacial score (nSPS) is 11.7. The summed E-state index contributed by atoms with van der Waals surface area (Å²) in [4.78, 5) is 4.26. The zero-order valence-corrected chi connectivity index (χ0v) is 10.8. The predicted octanol–water partition coefficient (Wildman–Crippen LogP) is 2.25. The number of aliphatic hydroxyl groups is 1. The fraction of sp³-hybridized carbons (Fsp3) is 0.357. The molecule has 0 bridgehead atoms. The molecule has 0 spiro atoms. The molecule has 0 amide bonds. The number of anilines is 2. The van der Waals surface area contributed by atoms with Crippen LogP contribution in [0.2, 0.25) is 0 Å². The lowest BCUT2D eigenvalue weighted by Gasteiger charge is -2.23. The smallest absolute Gasteiger partial charge is 0.0724 e. The van der Waals surface area contributed by atoms with Crippen LogP contribution < -0.4 is 11.1 Å². The Labute approximate surface area is 107 Å². The molecule has 0 aliphatic carbocycles. The zero-order valence-electron chi connectivity index (χ0n) is 10.8. The van der Waals surface area contributed by atoms with E-state index in [2.05, 4.69) is 10.3 Å². The number of nitrogens with zero attached hydrogens (tertiary/aromatic N) is 1. The maximum Gasteiger partial charge on any atom is 0.0724 e. The number of hydrogen-bond acceptors (Lipinski definition) is 4. The average molecular weight is 245 g/mol. The van der Waals surface area contributed by atoms with Gasteiger partial charge in [0.2, 0.25) is 0 Å². The fourth-order valence-corrected chi connectivity index (χ4v) is 1.72. The van der Waals surface area contributed by atoms with E-state index in [0.29, 0.717) is 12.2 Å². The van der Waals surface area contributed by atoms with Crippen molar-refractivity contribution in [2.24, 2.45) is 5.41 Å². The van der Waals surface area contributed by atoms with Crippen molar-refractivity contribution in [1.29, 1.82) is 0 Å². The topological polar surface area (TPSA) is 71.2 Å². The van der Waals surface area contributed by atoms with E-state index in [1.807, 2.05) is 38.1 Å². The van der Waals surface area contributed by atoms with Gasteiger partial charge in [0.1, 0.15) is 0 Å². The lowest BCUT2D eigenvalue weighted by atomic mass is 9.95. The monoisotopic (exact) mass is 245 g/mol. The third-order valence-electron chi connectivity index (χ3n) is 3.01. The van der Waals surface area contributed by atoms with E-state index in [0.717, 1.165) is 16.6 Å². The average Bonchev–Trinajstić information content (AvgIpc) is 2.38. The van der Waals surface area contributed by atoms with Gasteiger partial charge >= 0.3 is 0 Å². The molecule has 0 saturated carbocycles. The third kappa shape index (κ3) is 2.54. The molecule has 1 heterocycles. The number of nitrogens with two attached hydrogens (primary N) is 1. The summed E-state index contributed by atoms with van der Waals surface area (Å²) in [5, 5.41) is 13.5. The van der Waals surface area contributed by atoms with Crippen molar-refractivity contribution >= 4 is 22.3 Å². The van der Waals surface area contributed by atoms with Crippen molar-refractivity contribution in [3.8, 4) is 0 Å². The highest BCUT2D eigenvalue weighted by Crippen LogP contribution is 2.28. The van der Waals surface area contributed by atoms with Crippen molar-refractivity contribution in [1.82, 2.24) is 4.98 Å².